The summed E-state index contributed by atoms with van der Waals surface area (Å²) in [5.41, 5.74) is 2.91. The van der Waals surface area contributed by atoms with E-state index in [1.807, 2.05) is 12.4 Å². The van der Waals surface area contributed by atoms with Gasteiger partial charge in [-0.1, -0.05) is 13.8 Å². The molecule has 1 aliphatic rings. The first-order valence-corrected chi connectivity index (χ1v) is 5.75. The Labute approximate surface area is 90.8 Å². The fourth-order valence-electron chi connectivity index (χ4n) is 2.23. The van der Waals surface area contributed by atoms with Crippen LogP contribution in [0.3, 0.4) is 0 Å². The second-order valence-electron chi connectivity index (χ2n) is 4.50. The number of aryl methyl sites for hydroxylation is 1. The molecule has 0 aliphatic heterocycles. The highest BCUT2D eigenvalue weighted by molar-refractivity contribution is 5.06. The van der Waals surface area contributed by atoms with E-state index < -0.39 is 0 Å². The van der Waals surface area contributed by atoms with Crippen LogP contribution in [-0.4, -0.2) is 9.55 Å². The molecule has 2 rings (SSSR count). The Kier molecular flexibility index (Phi) is 3.07. The van der Waals surface area contributed by atoms with Gasteiger partial charge in [0.05, 0.1) is 6.04 Å². The minimum Gasteiger partial charge on any atom is -0.334 e. The highest BCUT2D eigenvalue weighted by atomic mass is 15.3. The Morgan fingerprint density at radius 2 is 2.47 bits per heavy atom. The van der Waals surface area contributed by atoms with E-state index in [-0.39, 0.29) is 6.04 Å². The molecule has 0 bridgehead atoms. The van der Waals surface area contributed by atoms with Crippen molar-refractivity contribution in [2.24, 2.45) is 17.7 Å². The standard InChI is InChI=1S/C11H20N4/c1-3-5-15-6-4-13-11(15)10(14-12)9-7-8(9)2/h4,6,8-10,14H,3,5,7,12H2,1-2H3. The molecule has 1 saturated carbocycles. The van der Waals surface area contributed by atoms with Crippen LogP contribution in [-0.2, 0) is 6.54 Å². The molecule has 0 radical (unpaired) electrons. The van der Waals surface area contributed by atoms with Crippen molar-refractivity contribution in [2.75, 3.05) is 0 Å². The first-order valence-electron chi connectivity index (χ1n) is 5.75. The molecule has 1 aromatic heterocycles. The number of hydrogen-bond donors (Lipinski definition) is 2. The van der Waals surface area contributed by atoms with Crippen LogP contribution < -0.4 is 11.3 Å². The third-order valence-electron chi connectivity index (χ3n) is 3.27. The van der Waals surface area contributed by atoms with Crippen molar-refractivity contribution in [3.8, 4) is 0 Å². The van der Waals surface area contributed by atoms with Crippen molar-refractivity contribution < 1.29 is 0 Å². The topological polar surface area (TPSA) is 55.9 Å². The van der Waals surface area contributed by atoms with E-state index in [0.717, 1.165) is 24.7 Å². The zero-order chi connectivity index (χ0) is 10.8. The molecule has 0 saturated heterocycles. The second-order valence-corrected chi connectivity index (χ2v) is 4.50. The van der Waals surface area contributed by atoms with E-state index in [9.17, 15) is 0 Å². The number of nitrogens with one attached hydrogen (secondary N) is 1. The lowest BCUT2D eigenvalue weighted by atomic mass is 10.1. The lowest BCUT2D eigenvalue weighted by molar-refractivity contribution is 0.431. The van der Waals surface area contributed by atoms with E-state index in [1.54, 1.807) is 0 Å². The van der Waals surface area contributed by atoms with Crippen LogP contribution in [0.1, 0.15) is 38.6 Å². The number of nitrogens with zero attached hydrogens (tertiary/aromatic N) is 2. The summed E-state index contributed by atoms with van der Waals surface area (Å²) in [5, 5.41) is 0. The Balaban J connectivity index is 2.14. The van der Waals surface area contributed by atoms with Gasteiger partial charge in [0, 0.05) is 18.9 Å². The molecule has 1 aliphatic carbocycles. The Morgan fingerprint density at radius 1 is 1.73 bits per heavy atom. The largest absolute Gasteiger partial charge is 0.334 e. The molecular weight excluding hydrogens is 188 g/mol. The zero-order valence-electron chi connectivity index (χ0n) is 9.48. The molecule has 1 aromatic rings. The predicted octanol–water partition coefficient (Wildman–Crippen LogP) is 1.45. The van der Waals surface area contributed by atoms with Crippen LogP contribution in [0.5, 0.6) is 0 Å². The molecule has 3 N–H and O–H groups in total. The smallest absolute Gasteiger partial charge is 0.127 e. The molecule has 0 amide bonds. The monoisotopic (exact) mass is 208 g/mol. The maximum absolute atomic E-state index is 5.63. The number of rotatable bonds is 5. The molecule has 4 nitrogen and oxygen atoms in total. The van der Waals surface area contributed by atoms with Gasteiger partial charge < -0.3 is 4.57 Å². The van der Waals surface area contributed by atoms with E-state index in [2.05, 4.69) is 28.8 Å². The highest BCUT2D eigenvalue weighted by Gasteiger charge is 2.41. The number of imidazole rings is 1. The first-order chi connectivity index (χ1) is 7.27. The Hall–Kier alpha value is -0.870. The molecule has 0 aromatic carbocycles. The Bertz CT molecular complexity index is 320. The first kappa shape index (κ1) is 10.6. The fourth-order valence-corrected chi connectivity index (χ4v) is 2.23. The molecular formula is C11H20N4. The number of hydrazine groups is 1. The summed E-state index contributed by atoms with van der Waals surface area (Å²) in [4.78, 5) is 4.42. The summed E-state index contributed by atoms with van der Waals surface area (Å²) in [5.74, 6) is 8.16. The van der Waals surface area contributed by atoms with Gasteiger partial charge in [0.1, 0.15) is 5.82 Å². The normalized spacial score (nSPS) is 26.6. The fraction of sp³-hybridized carbons (Fsp3) is 0.727. The summed E-state index contributed by atoms with van der Waals surface area (Å²) >= 11 is 0. The minimum atomic E-state index is 0.224. The average molecular weight is 208 g/mol. The van der Waals surface area contributed by atoms with Gasteiger partial charge in [-0.05, 0) is 24.7 Å². The van der Waals surface area contributed by atoms with Crippen molar-refractivity contribution in [1.82, 2.24) is 15.0 Å². The van der Waals surface area contributed by atoms with Crippen LogP contribution in [0, 0.1) is 11.8 Å². The van der Waals surface area contributed by atoms with Gasteiger partial charge in [0.15, 0.2) is 0 Å². The lowest BCUT2D eigenvalue weighted by Crippen LogP contribution is -2.32. The third-order valence-corrected chi connectivity index (χ3v) is 3.27. The molecule has 3 unspecified atom stereocenters. The lowest BCUT2D eigenvalue weighted by Gasteiger charge is -2.16. The molecule has 4 heteroatoms. The van der Waals surface area contributed by atoms with Gasteiger partial charge in [0.25, 0.3) is 0 Å². The van der Waals surface area contributed by atoms with Gasteiger partial charge >= 0.3 is 0 Å². The molecule has 0 spiro atoms. The zero-order valence-corrected chi connectivity index (χ0v) is 9.48. The third kappa shape index (κ3) is 2.06. The molecule has 15 heavy (non-hydrogen) atoms. The van der Waals surface area contributed by atoms with Crippen LogP contribution >= 0.6 is 0 Å². The van der Waals surface area contributed by atoms with Crippen LogP contribution in [0.15, 0.2) is 12.4 Å². The predicted molar refractivity (Wildman–Crippen MR) is 59.9 cm³/mol. The molecule has 1 fully saturated rings. The van der Waals surface area contributed by atoms with Gasteiger partial charge in [-0.15, -0.1) is 0 Å². The van der Waals surface area contributed by atoms with Gasteiger partial charge in [-0.25, -0.2) is 10.4 Å². The van der Waals surface area contributed by atoms with E-state index in [1.165, 1.54) is 6.42 Å². The summed E-state index contributed by atoms with van der Waals surface area (Å²) in [7, 11) is 0. The summed E-state index contributed by atoms with van der Waals surface area (Å²) in [6.07, 6.45) is 6.29. The summed E-state index contributed by atoms with van der Waals surface area (Å²) in [6.45, 7) is 5.46. The van der Waals surface area contributed by atoms with Crippen molar-refractivity contribution in [3.05, 3.63) is 18.2 Å². The van der Waals surface area contributed by atoms with Crippen LogP contribution in [0.4, 0.5) is 0 Å². The number of aromatic nitrogens is 2. The van der Waals surface area contributed by atoms with Crippen molar-refractivity contribution in [2.45, 2.75) is 39.3 Å². The van der Waals surface area contributed by atoms with Crippen molar-refractivity contribution >= 4 is 0 Å². The van der Waals surface area contributed by atoms with Crippen LogP contribution in [0.2, 0.25) is 0 Å². The van der Waals surface area contributed by atoms with Gasteiger partial charge in [-0.2, -0.15) is 0 Å². The van der Waals surface area contributed by atoms with E-state index in [0.29, 0.717) is 5.92 Å². The van der Waals surface area contributed by atoms with Crippen molar-refractivity contribution in [3.63, 3.8) is 0 Å². The van der Waals surface area contributed by atoms with E-state index in [4.69, 9.17) is 5.84 Å². The number of hydrogen-bond acceptors (Lipinski definition) is 3. The Morgan fingerprint density at radius 3 is 3.00 bits per heavy atom. The average Bonchev–Trinajstić information content (AvgIpc) is 2.76. The molecule has 84 valence electrons. The van der Waals surface area contributed by atoms with Crippen molar-refractivity contribution in [1.29, 1.82) is 0 Å². The van der Waals surface area contributed by atoms with Crippen LogP contribution in [0.25, 0.3) is 0 Å². The summed E-state index contributed by atoms with van der Waals surface area (Å²) in [6, 6.07) is 0.224. The van der Waals surface area contributed by atoms with E-state index >= 15 is 0 Å². The maximum Gasteiger partial charge on any atom is 0.127 e. The SMILES string of the molecule is CCCn1ccnc1C(NN)C1CC1C. The minimum absolute atomic E-state index is 0.224. The maximum atomic E-state index is 5.63. The summed E-state index contributed by atoms with van der Waals surface area (Å²) < 4.78 is 2.20. The quantitative estimate of drug-likeness (QED) is 0.569. The van der Waals surface area contributed by atoms with Gasteiger partial charge in [0.2, 0.25) is 0 Å². The van der Waals surface area contributed by atoms with Gasteiger partial charge in [-0.3, -0.25) is 5.84 Å². The highest BCUT2D eigenvalue weighted by Crippen LogP contribution is 2.46. The number of nitrogens with two attached hydrogens (primary N) is 1. The second kappa shape index (κ2) is 4.33. The molecule has 3 atom stereocenters. The molecule has 1 heterocycles.